The first-order valence-corrected chi connectivity index (χ1v) is 9.09. The van der Waals surface area contributed by atoms with Gasteiger partial charge in [-0.3, -0.25) is 14.5 Å². The Morgan fingerprint density at radius 3 is 2.83 bits per heavy atom. The molecule has 1 aromatic rings. The fourth-order valence-electron chi connectivity index (χ4n) is 2.79. The summed E-state index contributed by atoms with van der Waals surface area (Å²) in [5.41, 5.74) is 0.524. The Labute approximate surface area is 136 Å². The highest BCUT2D eigenvalue weighted by atomic mass is 32.2. The van der Waals surface area contributed by atoms with Crippen molar-refractivity contribution in [2.75, 3.05) is 39.8 Å². The molecular formula is C15H20N4O3S. The number of nitrogens with one attached hydrogen (secondary N) is 1. The molecule has 0 saturated carbocycles. The Hall–Kier alpha value is -1.93. The summed E-state index contributed by atoms with van der Waals surface area (Å²) in [5.74, 6) is 0.178. The molecular weight excluding hydrogens is 316 g/mol. The second-order valence-electron chi connectivity index (χ2n) is 5.80. The largest absolute Gasteiger partial charge is 0.340 e. The fraction of sp³-hybridized carbons (Fsp3) is 0.467. The van der Waals surface area contributed by atoms with Crippen LogP contribution in [-0.4, -0.2) is 69.7 Å². The number of benzene rings is 1. The molecule has 3 rings (SSSR count). The van der Waals surface area contributed by atoms with E-state index in [1.165, 1.54) is 6.07 Å². The Balaban J connectivity index is 1.72. The average molecular weight is 336 g/mol. The molecule has 8 heteroatoms. The number of rotatable bonds is 2. The highest BCUT2D eigenvalue weighted by molar-refractivity contribution is 7.90. The molecule has 0 atom stereocenters. The topological polar surface area (TPSA) is 82.1 Å². The molecule has 0 bridgehead atoms. The summed E-state index contributed by atoms with van der Waals surface area (Å²) in [7, 11) is -1.51. The van der Waals surface area contributed by atoms with Gasteiger partial charge in [-0.2, -0.15) is 0 Å². The van der Waals surface area contributed by atoms with Crippen molar-refractivity contribution in [3.8, 4) is 0 Å². The molecule has 0 unspecified atom stereocenters. The van der Waals surface area contributed by atoms with Gasteiger partial charge in [0.15, 0.2) is 0 Å². The van der Waals surface area contributed by atoms with Crippen molar-refractivity contribution in [1.82, 2.24) is 14.5 Å². The van der Waals surface area contributed by atoms with Crippen LogP contribution in [0.2, 0.25) is 0 Å². The molecule has 1 saturated heterocycles. The summed E-state index contributed by atoms with van der Waals surface area (Å²) in [6.45, 7) is 3.18. The van der Waals surface area contributed by atoms with Crippen LogP contribution in [0.4, 0.5) is 0 Å². The van der Waals surface area contributed by atoms with Gasteiger partial charge in [0.25, 0.3) is 10.0 Å². The van der Waals surface area contributed by atoms with Crippen LogP contribution in [0, 0.1) is 0 Å². The van der Waals surface area contributed by atoms with Crippen LogP contribution in [0.1, 0.15) is 12.0 Å². The summed E-state index contributed by atoms with van der Waals surface area (Å²) in [6.07, 6.45) is 0.939. The molecule has 0 aromatic heterocycles. The number of amidine groups is 1. The van der Waals surface area contributed by atoms with Gasteiger partial charge in [-0.1, -0.05) is 12.1 Å². The van der Waals surface area contributed by atoms with E-state index in [2.05, 4.69) is 14.6 Å². The zero-order valence-corrected chi connectivity index (χ0v) is 13.8. The first kappa shape index (κ1) is 15.9. The Bertz CT molecular complexity index is 745. The predicted molar refractivity (Wildman–Crippen MR) is 86.9 cm³/mol. The van der Waals surface area contributed by atoms with Crippen molar-refractivity contribution in [1.29, 1.82) is 0 Å². The van der Waals surface area contributed by atoms with Crippen LogP contribution in [0.3, 0.4) is 0 Å². The molecule has 0 aliphatic carbocycles. The molecule has 7 nitrogen and oxygen atoms in total. The van der Waals surface area contributed by atoms with E-state index in [-0.39, 0.29) is 23.2 Å². The third-order valence-electron chi connectivity index (χ3n) is 4.11. The van der Waals surface area contributed by atoms with Gasteiger partial charge < -0.3 is 9.80 Å². The number of fused-ring (bicyclic) bond motifs is 1. The maximum Gasteiger partial charge on any atom is 0.263 e. The summed E-state index contributed by atoms with van der Waals surface area (Å²) < 4.78 is 26.4. The lowest BCUT2D eigenvalue weighted by atomic mass is 10.2. The third-order valence-corrected chi connectivity index (χ3v) is 5.50. The maximum atomic E-state index is 12.3. The Kier molecular flexibility index (Phi) is 4.36. The predicted octanol–water partition coefficient (Wildman–Crippen LogP) is -0.111. The van der Waals surface area contributed by atoms with Crippen molar-refractivity contribution in [3.05, 3.63) is 29.8 Å². The van der Waals surface area contributed by atoms with E-state index in [9.17, 15) is 13.2 Å². The molecule has 1 aromatic carbocycles. The molecule has 2 heterocycles. The van der Waals surface area contributed by atoms with Crippen molar-refractivity contribution < 1.29 is 13.2 Å². The van der Waals surface area contributed by atoms with Gasteiger partial charge in [0.1, 0.15) is 12.4 Å². The first-order chi connectivity index (χ1) is 11.0. The summed E-state index contributed by atoms with van der Waals surface area (Å²) in [5, 5.41) is 0. The van der Waals surface area contributed by atoms with Crippen LogP contribution >= 0.6 is 0 Å². The highest BCUT2D eigenvalue weighted by Gasteiger charge is 2.30. The minimum atomic E-state index is -3.55. The zero-order chi connectivity index (χ0) is 16.4. The number of carbonyl (C=O) groups is 1. The van der Waals surface area contributed by atoms with Crippen LogP contribution in [-0.2, 0) is 14.8 Å². The van der Waals surface area contributed by atoms with E-state index >= 15 is 0 Å². The van der Waals surface area contributed by atoms with Crippen LogP contribution in [0.5, 0.6) is 0 Å². The van der Waals surface area contributed by atoms with Crippen molar-refractivity contribution >= 4 is 21.8 Å². The number of hydrogen-bond acceptors (Lipinski definition) is 5. The van der Waals surface area contributed by atoms with Crippen molar-refractivity contribution in [2.24, 2.45) is 4.99 Å². The van der Waals surface area contributed by atoms with Crippen LogP contribution < -0.4 is 4.72 Å². The average Bonchev–Trinajstić information content (AvgIpc) is 2.66. The number of hydrogen-bond donors (Lipinski definition) is 1. The molecule has 23 heavy (non-hydrogen) atoms. The molecule has 1 amide bonds. The van der Waals surface area contributed by atoms with E-state index in [4.69, 9.17) is 0 Å². The monoisotopic (exact) mass is 336 g/mol. The molecule has 0 spiro atoms. The third kappa shape index (κ3) is 3.37. The fourth-order valence-corrected chi connectivity index (χ4v) is 4.04. The first-order valence-electron chi connectivity index (χ1n) is 7.60. The number of aliphatic imine (C=N–C) groups is 1. The molecule has 1 fully saturated rings. The number of nitrogens with zero attached hydrogens (tertiary/aromatic N) is 3. The van der Waals surface area contributed by atoms with Gasteiger partial charge in [0, 0.05) is 25.2 Å². The summed E-state index contributed by atoms with van der Waals surface area (Å²) in [6, 6.07) is 6.65. The van der Waals surface area contributed by atoms with Gasteiger partial charge in [0.05, 0.1) is 4.90 Å². The second-order valence-corrected chi connectivity index (χ2v) is 7.45. The second kappa shape index (κ2) is 6.29. The minimum Gasteiger partial charge on any atom is -0.340 e. The minimum absolute atomic E-state index is 0.0457. The zero-order valence-electron chi connectivity index (χ0n) is 13.0. The van der Waals surface area contributed by atoms with Crippen molar-refractivity contribution in [3.63, 3.8) is 0 Å². The van der Waals surface area contributed by atoms with E-state index in [0.29, 0.717) is 12.1 Å². The normalized spacial score (nSPS) is 22.5. The standard InChI is InChI=1S/C15H20N4O3S/c1-18-7-4-8-19(10-9-18)14(20)11-16-15-12-5-2-3-6-13(12)23(21,22)17-15/h2-3,5-6H,4,7-11H2,1H3,(H,16,17). The lowest BCUT2D eigenvalue weighted by Gasteiger charge is -2.19. The number of amides is 1. The molecule has 1 N–H and O–H groups in total. The SMILES string of the molecule is CN1CCCN(C(=O)CN=C2NS(=O)(=O)c3ccccc32)CC1. The Morgan fingerprint density at radius 1 is 1.22 bits per heavy atom. The number of carbonyl (C=O) groups excluding carboxylic acids is 1. The van der Waals surface area contributed by atoms with Crippen LogP contribution in [0.25, 0.3) is 0 Å². The van der Waals surface area contributed by atoms with Crippen molar-refractivity contribution in [2.45, 2.75) is 11.3 Å². The van der Waals surface area contributed by atoms with E-state index in [0.717, 1.165) is 26.1 Å². The quantitative estimate of drug-likeness (QED) is 0.817. The van der Waals surface area contributed by atoms with Gasteiger partial charge in [-0.15, -0.1) is 0 Å². The van der Waals surface area contributed by atoms with Gasteiger partial charge in [-0.05, 0) is 32.1 Å². The smallest absolute Gasteiger partial charge is 0.263 e. The molecule has 2 aliphatic rings. The Morgan fingerprint density at radius 2 is 2.00 bits per heavy atom. The van der Waals surface area contributed by atoms with E-state index in [1.54, 1.807) is 23.1 Å². The summed E-state index contributed by atoms with van der Waals surface area (Å²) >= 11 is 0. The number of likely N-dealkylation sites (N-methyl/N-ethyl adjacent to an activating group) is 1. The van der Waals surface area contributed by atoms with Gasteiger partial charge in [-0.25, -0.2) is 8.42 Å². The van der Waals surface area contributed by atoms with Crippen LogP contribution in [0.15, 0.2) is 34.2 Å². The molecule has 124 valence electrons. The van der Waals surface area contributed by atoms with Gasteiger partial charge >= 0.3 is 0 Å². The highest BCUT2D eigenvalue weighted by Crippen LogP contribution is 2.22. The maximum absolute atomic E-state index is 12.3. The summed E-state index contributed by atoms with van der Waals surface area (Å²) in [4.78, 5) is 20.7. The van der Waals surface area contributed by atoms with E-state index in [1.807, 2.05) is 7.05 Å². The lowest BCUT2D eigenvalue weighted by molar-refractivity contribution is -0.129. The lowest BCUT2D eigenvalue weighted by Crippen LogP contribution is -2.36. The van der Waals surface area contributed by atoms with E-state index < -0.39 is 10.0 Å². The van der Waals surface area contributed by atoms with Gasteiger partial charge in [0.2, 0.25) is 5.91 Å². The molecule has 0 radical (unpaired) electrons. The number of sulfonamides is 1. The molecule has 2 aliphatic heterocycles.